The van der Waals surface area contributed by atoms with E-state index in [1.165, 1.54) is 30.4 Å². The monoisotopic (exact) mass is 588 g/mol. The number of aliphatic carboxylic acids is 1. The maximum atomic E-state index is 13.9. The van der Waals surface area contributed by atoms with Gasteiger partial charge in [-0.15, -0.1) is 0 Å². The van der Waals surface area contributed by atoms with Crippen LogP contribution in [0.4, 0.5) is 4.79 Å². The van der Waals surface area contributed by atoms with Crippen LogP contribution in [0.5, 0.6) is 0 Å². The standard InChI is InChI=1S/C35H48N4O4/c40-33(36-29-17-15-28(16-18-29)34(41)42)27-13-11-25(12-14-27)23-37-21-19-31(20-22-37)39-32(26-7-3-1-4-8-26)24-38(35(39)43)30-9-5-2-6-10-30/h1,3,7,11-14,28-32H,2,4-6,8-10,15-24H2,(H,36,40)(H,41,42)/t28?,29?,32-/m0/s1. The zero-order valence-electron chi connectivity index (χ0n) is 25.5. The van der Waals surface area contributed by atoms with E-state index in [0.29, 0.717) is 37.3 Å². The van der Waals surface area contributed by atoms with Crippen molar-refractivity contribution in [3.05, 3.63) is 59.2 Å². The highest BCUT2D eigenvalue weighted by atomic mass is 16.4. The van der Waals surface area contributed by atoms with Gasteiger partial charge in [-0.05, 0) is 87.5 Å². The maximum absolute atomic E-state index is 13.9. The molecule has 2 aliphatic heterocycles. The number of hydrogen-bond donors (Lipinski definition) is 2. The number of allylic oxidation sites excluding steroid dienone is 3. The number of hydrogen-bond acceptors (Lipinski definition) is 4. The molecule has 0 aromatic heterocycles. The number of likely N-dealkylation sites (tertiary alicyclic amines) is 1. The first-order valence-corrected chi connectivity index (χ1v) is 16.8. The van der Waals surface area contributed by atoms with Gasteiger partial charge in [0.25, 0.3) is 5.91 Å². The van der Waals surface area contributed by atoms with Crippen LogP contribution in [-0.2, 0) is 11.3 Å². The minimum absolute atomic E-state index is 0.0479. The number of carbonyl (C=O) groups is 3. The topological polar surface area (TPSA) is 93.2 Å². The first-order chi connectivity index (χ1) is 21.0. The van der Waals surface area contributed by atoms with E-state index < -0.39 is 5.97 Å². The number of carbonyl (C=O) groups excluding carboxylic acids is 2. The molecule has 2 saturated carbocycles. The molecule has 4 fully saturated rings. The molecule has 3 amide bonds. The second-order valence-corrected chi connectivity index (χ2v) is 13.4. The van der Waals surface area contributed by atoms with E-state index in [2.05, 4.69) is 38.2 Å². The largest absolute Gasteiger partial charge is 0.481 e. The van der Waals surface area contributed by atoms with Crippen molar-refractivity contribution >= 4 is 17.9 Å². The molecule has 1 atom stereocenters. The summed E-state index contributed by atoms with van der Waals surface area (Å²) < 4.78 is 0. The van der Waals surface area contributed by atoms with Gasteiger partial charge in [-0.2, -0.15) is 0 Å². The Morgan fingerprint density at radius 1 is 0.884 bits per heavy atom. The van der Waals surface area contributed by atoms with Gasteiger partial charge in [-0.25, -0.2) is 4.79 Å². The van der Waals surface area contributed by atoms with Crippen LogP contribution in [0.2, 0.25) is 0 Å². The summed E-state index contributed by atoms with van der Waals surface area (Å²) in [6.07, 6.45) is 19.5. The first kappa shape index (κ1) is 29.9. The Kier molecular flexibility index (Phi) is 9.51. The highest BCUT2D eigenvalue weighted by Gasteiger charge is 2.45. The van der Waals surface area contributed by atoms with Gasteiger partial charge in [0.1, 0.15) is 0 Å². The van der Waals surface area contributed by atoms with E-state index in [9.17, 15) is 19.5 Å². The van der Waals surface area contributed by atoms with Crippen LogP contribution in [0, 0.1) is 5.92 Å². The van der Waals surface area contributed by atoms with E-state index in [-0.39, 0.29) is 36.0 Å². The van der Waals surface area contributed by atoms with Gasteiger partial charge in [0.15, 0.2) is 0 Å². The molecule has 0 unspecified atom stereocenters. The number of rotatable bonds is 8. The molecule has 3 aliphatic carbocycles. The summed E-state index contributed by atoms with van der Waals surface area (Å²) in [6, 6.07) is 9.13. The second kappa shape index (κ2) is 13.7. The summed E-state index contributed by atoms with van der Waals surface area (Å²) in [4.78, 5) is 44.9. The molecule has 8 nitrogen and oxygen atoms in total. The fourth-order valence-electron chi connectivity index (χ4n) is 8.07. The minimum atomic E-state index is -0.727. The Labute approximate surface area is 256 Å². The summed E-state index contributed by atoms with van der Waals surface area (Å²) in [7, 11) is 0. The van der Waals surface area contributed by atoms with Crippen molar-refractivity contribution < 1.29 is 19.5 Å². The molecule has 0 bridgehead atoms. The Morgan fingerprint density at radius 2 is 1.60 bits per heavy atom. The summed E-state index contributed by atoms with van der Waals surface area (Å²) in [6.45, 7) is 3.62. The van der Waals surface area contributed by atoms with Crippen LogP contribution in [-0.4, -0.2) is 81.5 Å². The third-order valence-electron chi connectivity index (χ3n) is 10.6. The Balaban J connectivity index is 1.02. The zero-order valence-corrected chi connectivity index (χ0v) is 25.5. The van der Waals surface area contributed by atoms with Crippen molar-refractivity contribution in [2.75, 3.05) is 19.6 Å². The SMILES string of the molecule is O=C(NC1CCC(C(=O)O)CC1)c1ccc(CN2CCC(N3C(=O)N(C4CCCCC4)C[C@H]3C3=CC=CCC3)CC2)cc1. The predicted molar refractivity (Wildman–Crippen MR) is 167 cm³/mol. The smallest absolute Gasteiger partial charge is 0.321 e. The van der Waals surface area contributed by atoms with Gasteiger partial charge >= 0.3 is 12.0 Å². The number of urea groups is 1. The highest BCUT2D eigenvalue weighted by molar-refractivity contribution is 5.94. The summed E-state index contributed by atoms with van der Waals surface area (Å²) in [5, 5.41) is 12.3. The Bertz CT molecular complexity index is 1200. The predicted octanol–water partition coefficient (Wildman–Crippen LogP) is 5.74. The van der Waals surface area contributed by atoms with Crippen molar-refractivity contribution in [1.29, 1.82) is 0 Å². The average molecular weight is 589 g/mol. The fourth-order valence-corrected chi connectivity index (χ4v) is 8.07. The molecule has 1 aromatic rings. The first-order valence-electron chi connectivity index (χ1n) is 16.8. The molecule has 6 rings (SSSR count). The van der Waals surface area contributed by atoms with Gasteiger partial charge in [-0.3, -0.25) is 14.5 Å². The van der Waals surface area contributed by atoms with Gasteiger partial charge in [0, 0.05) is 49.9 Å². The number of amides is 3. The van der Waals surface area contributed by atoms with E-state index in [1.807, 2.05) is 24.3 Å². The normalized spacial score (nSPS) is 27.8. The highest BCUT2D eigenvalue weighted by Crippen LogP contribution is 2.35. The van der Waals surface area contributed by atoms with Gasteiger partial charge in [-0.1, -0.05) is 49.6 Å². The van der Waals surface area contributed by atoms with Crippen molar-refractivity contribution in [1.82, 2.24) is 20.0 Å². The van der Waals surface area contributed by atoms with E-state index >= 15 is 0 Å². The van der Waals surface area contributed by atoms with Gasteiger partial charge in [0.05, 0.1) is 12.0 Å². The second-order valence-electron chi connectivity index (χ2n) is 13.4. The number of nitrogens with zero attached hydrogens (tertiary/aromatic N) is 3. The number of piperidine rings is 1. The lowest BCUT2D eigenvalue weighted by molar-refractivity contribution is -0.142. The fraction of sp³-hybridized carbons (Fsp3) is 0.629. The summed E-state index contributed by atoms with van der Waals surface area (Å²) in [5.74, 6) is -1.09. The molecular formula is C35H48N4O4. The van der Waals surface area contributed by atoms with Crippen molar-refractivity contribution in [2.45, 2.75) is 114 Å². The third kappa shape index (κ3) is 7.00. The molecule has 1 aromatic carbocycles. The molecule has 43 heavy (non-hydrogen) atoms. The maximum Gasteiger partial charge on any atom is 0.321 e. The van der Waals surface area contributed by atoms with Crippen molar-refractivity contribution in [3.8, 4) is 0 Å². The number of nitrogens with one attached hydrogen (secondary N) is 1. The summed E-state index contributed by atoms with van der Waals surface area (Å²) >= 11 is 0. The average Bonchev–Trinajstić information content (AvgIpc) is 3.39. The number of carboxylic acids is 1. The Hall–Kier alpha value is -3.13. The Morgan fingerprint density at radius 3 is 2.26 bits per heavy atom. The molecule has 2 heterocycles. The lowest BCUT2D eigenvalue weighted by atomic mass is 9.86. The minimum Gasteiger partial charge on any atom is -0.481 e. The molecule has 0 radical (unpaired) electrons. The third-order valence-corrected chi connectivity index (χ3v) is 10.6. The van der Waals surface area contributed by atoms with E-state index in [4.69, 9.17) is 0 Å². The van der Waals surface area contributed by atoms with Crippen molar-refractivity contribution in [2.24, 2.45) is 5.92 Å². The van der Waals surface area contributed by atoms with Crippen LogP contribution < -0.4 is 5.32 Å². The van der Waals surface area contributed by atoms with Gasteiger partial charge in [0.2, 0.25) is 0 Å². The van der Waals surface area contributed by atoms with Crippen molar-refractivity contribution in [3.63, 3.8) is 0 Å². The van der Waals surface area contributed by atoms with Gasteiger partial charge < -0.3 is 20.2 Å². The molecule has 2 N–H and O–H groups in total. The zero-order chi connectivity index (χ0) is 29.8. The summed E-state index contributed by atoms with van der Waals surface area (Å²) in [5.41, 5.74) is 3.26. The molecule has 2 saturated heterocycles. The van der Waals surface area contributed by atoms with Crippen LogP contribution in [0.15, 0.2) is 48.1 Å². The van der Waals surface area contributed by atoms with E-state index in [1.54, 1.807) is 0 Å². The van der Waals surface area contributed by atoms with Crippen LogP contribution in [0.3, 0.4) is 0 Å². The van der Waals surface area contributed by atoms with Crippen LogP contribution in [0.25, 0.3) is 0 Å². The quantitative estimate of drug-likeness (QED) is 0.404. The molecule has 5 aliphatic rings. The lowest BCUT2D eigenvalue weighted by Gasteiger charge is -2.40. The number of carboxylic acid groups (broad SMARTS) is 1. The molecular weight excluding hydrogens is 540 g/mol. The van der Waals surface area contributed by atoms with Crippen LogP contribution in [0.1, 0.15) is 99.4 Å². The van der Waals surface area contributed by atoms with E-state index in [0.717, 1.165) is 64.7 Å². The lowest BCUT2D eigenvalue weighted by Crippen LogP contribution is -2.50. The van der Waals surface area contributed by atoms with Crippen LogP contribution >= 0.6 is 0 Å². The molecule has 0 spiro atoms. The molecule has 232 valence electrons. The molecule has 8 heteroatoms. The number of benzene rings is 1.